The van der Waals surface area contributed by atoms with Gasteiger partial charge >= 0.3 is 0 Å². The van der Waals surface area contributed by atoms with Crippen molar-refractivity contribution < 1.29 is 9.59 Å². The number of carbonyl (C=O) groups excluding carboxylic acids is 2. The van der Waals surface area contributed by atoms with Gasteiger partial charge in [0.05, 0.1) is 21.7 Å². The van der Waals surface area contributed by atoms with Gasteiger partial charge in [-0.1, -0.05) is 48.5 Å². The Balaban J connectivity index is 1.55. The van der Waals surface area contributed by atoms with Gasteiger partial charge in [0.1, 0.15) is 6.29 Å². The average Bonchev–Trinajstić information content (AvgIpc) is 3.13. The lowest BCUT2D eigenvalue weighted by Crippen LogP contribution is -2.17. The van der Waals surface area contributed by atoms with E-state index < -0.39 is 0 Å². The van der Waals surface area contributed by atoms with Crippen LogP contribution in [0.2, 0.25) is 5.02 Å². The van der Waals surface area contributed by atoms with E-state index in [1.165, 1.54) is 11.8 Å². The number of carbonyl (C=O) groups is 2. The number of nitrogens with one attached hydrogen (secondary N) is 1. The highest BCUT2D eigenvalue weighted by atomic mass is 35.5. The molecule has 162 valence electrons. The average molecular weight is 464 g/mol. The number of benzene rings is 3. The number of aromatic nitrogens is 2. The molecule has 1 amide bonds. The number of nitrogens with zero attached hydrogens (tertiary/aromatic N) is 2. The predicted molar refractivity (Wildman–Crippen MR) is 131 cm³/mol. The molecule has 5 nitrogen and oxygen atoms in total. The minimum atomic E-state index is -0.103. The molecule has 0 radical (unpaired) electrons. The monoisotopic (exact) mass is 463 g/mol. The maximum absolute atomic E-state index is 12.6. The first-order valence-electron chi connectivity index (χ1n) is 10.2. The quantitative estimate of drug-likeness (QED) is 0.257. The van der Waals surface area contributed by atoms with Crippen molar-refractivity contribution in [2.45, 2.75) is 30.7 Å². The Morgan fingerprint density at radius 3 is 2.62 bits per heavy atom. The van der Waals surface area contributed by atoms with Gasteiger partial charge in [-0.05, 0) is 61.0 Å². The standard InChI is InChI=1S/C25H22ClN3O2S/c1-16-7-12-21(20(26)13-16)27-24(31)14-17(2)32-25-28-22-5-3-4-6-23(22)29(25)19-10-8-18(15-30)9-11-19/h3-13,15,17H,14H2,1-2H3,(H,27,31). The molecule has 0 saturated carbocycles. The molecule has 3 aromatic carbocycles. The van der Waals surface area contributed by atoms with E-state index in [9.17, 15) is 9.59 Å². The molecular weight excluding hydrogens is 442 g/mol. The molecule has 0 spiro atoms. The molecule has 0 aliphatic rings. The topological polar surface area (TPSA) is 64.0 Å². The SMILES string of the molecule is Cc1ccc(NC(=O)CC(C)Sc2nc3ccccc3n2-c2ccc(C=O)cc2)c(Cl)c1. The van der Waals surface area contributed by atoms with Crippen LogP contribution >= 0.6 is 23.4 Å². The van der Waals surface area contributed by atoms with Crippen molar-refractivity contribution in [1.82, 2.24) is 9.55 Å². The normalized spacial score (nSPS) is 12.0. The lowest BCUT2D eigenvalue weighted by Gasteiger charge is -2.14. The van der Waals surface area contributed by atoms with Gasteiger partial charge in [0.25, 0.3) is 0 Å². The third kappa shape index (κ3) is 4.87. The fourth-order valence-electron chi connectivity index (χ4n) is 3.44. The minimum absolute atomic E-state index is 0.0240. The number of aldehydes is 1. The first kappa shape index (κ1) is 22.1. The molecule has 1 aromatic heterocycles. The number of halogens is 1. The number of hydrogen-bond donors (Lipinski definition) is 1. The zero-order valence-corrected chi connectivity index (χ0v) is 19.3. The van der Waals surface area contributed by atoms with E-state index in [2.05, 4.69) is 9.88 Å². The number of hydrogen-bond acceptors (Lipinski definition) is 4. The molecule has 1 atom stereocenters. The summed E-state index contributed by atoms with van der Waals surface area (Å²) >= 11 is 7.77. The highest BCUT2D eigenvalue weighted by molar-refractivity contribution is 7.99. The molecule has 0 fully saturated rings. The highest BCUT2D eigenvalue weighted by Crippen LogP contribution is 2.32. The van der Waals surface area contributed by atoms with Crippen molar-refractivity contribution in [1.29, 1.82) is 0 Å². The fourth-order valence-corrected chi connectivity index (χ4v) is 4.78. The third-order valence-electron chi connectivity index (χ3n) is 5.00. The fraction of sp³-hybridized carbons (Fsp3) is 0.160. The summed E-state index contributed by atoms with van der Waals surface area (Å²) in [5.41, 5.74) is 5.02. The molecule has 32 heavy (non-hydrogen) atoms. The molecule has 1 unspecified atom stereocenters. The number of anilines is 1. The molecule has 7 heteroatoms. The second kappa shape index (κ2) is 9.59. The Morgan fingerprint density at radius 1 is 1.16 bits per heavy atom. The van der Waals surface area contributed by atoms with Crippen molar-refractivity contribution in [2.75, 3.05) is 5.32 Å². The van der Waals surface area contributed by atoms with Gasteiger partial charge in [-0.2, -0.15) is 0 Å². The molecular formula is C25H22ClN3O2S. The second-order valence-electron chi connectivity index (χ2n) is 7.59. The van der Waals surface area contributed by atoms with Crippen LogP contribution in [0.15, 0.2) is 71.9 Å². The number of amides is 1. The largest absolute Gasteiger partial charge is 0.325 e. The Labute approximate surface area is 195 Å². The van der Waals surface area contributed by atoms with Crippen LogP contribution in [-0.4, -0.2) is 27.0 Å². The maximum Gasteiger partial charge on any atom is 0.225 e. The zero-order chi connectivity index (χ0) is 22.7. The van der Waals surface area contributed by atoms with Crippen LogP contribution < -0.4 is 5.32 Å². The molecule has 0 aliphatic carbocycles. The van der Waals surface area contributed by atoms with Crippen LogP contribution in [0.3, 0.4) is 0 Å². The number of para-hydroxylation sites is 2. The minimum Gasteiger partial charge on any atom is -0.325 e. The van der Waals surface area contributed by atoms with Crippen LogP contribution in [0.5, 0.6) is 0 Å². The molecule has 4 rings (SSSR count). The van der Waals surface area contributed by atoms with E-state index in [-0.39, 0.29) is 11.2 Å². The van der Waals surface area contributed by atoms with Gasteiger partial charge in [-0.15, -0.1) is 0 Å². The van der Waals surface area contributed by atoms with E-state index >= 15 is 0 Å². The number of thioether (sulfide) groups is 1. The molecule has 4 aromatic rings. The Kier molecular flexibility index (Phi) is 6.63. The predicted octanol–water partition coefficient (Wildman–Crippen LogP) is 6.31. The number of aryl methyl sites for hydroxylation is 1. The summed E-state index contributed by atoms with van der Waals surface area (Å²) in [6.07, 6.45) is 1.13. The summed E-state index contributed by atoms with van der Waals surface area (Å²) in [6.45, 7) is 3.95. The van der Waals surface area contributed by atoms with E-state index in [1.54, 1.807) is 12.1 Å². The maximum atomic E-state index is 12.6. The van der Waals surface area contributed by atoms with Crippen LogP contribution in [0, 0.1) is 6.92 Å². The van der Waals surface area contributed by atoms with Crippen LogP contribution in [0.4, 0.5) is 5.69 Å². The second-order valence-corrected chi connectivity index (χ2v) is 9.40. The number of imidazole rings is 1. The highest BCUT2D eigenvalue weighted by Gasteiger charge is 2.18. The van der Waals surface area contributed by atoms with Crippen molar-refractivity contribution in [3.63, 3.8) is 0 Å². The number of rotatable bonds is 7. The Bertz CT molecular complexity index is 1280. The smallest absolute Gasteiger partial charge is 0.225 e. The van der Waals surface area contributed by atoms with Crippen LogP contribution in [-0.2, 0) is 4.79 Å². The lowest BCUT2D eigenvalue weighted by atomic mass is 10.2. The summed E-state index contributed by atoms with van der Waals surface area (Å²) in [5, 5.41) is 4.19. The first-order chi connectivity index (χ1) is 15.4. The zero-order valence-electron chi connectivity index (χ0n) is 17.7. The Morgan fingerprint density at radius 2 is 1.91 bits per heavy atom. The summed E-state index contributed by atoms with van der Waals surface area (Å²) < 4.78 is 2.06. The van der Waals surface area contributed by atoms with Crippen LogP contribution in [0.25, 0.3) is 16.7 Å². The van der Waals surface area contributed by atoms with E-state index in [1.807, 2.05) is 68.4 Å². The molecule has 0 bridgehead atoms. The molecule has 1 N–H and O–H groups in total. The summed E-state index contributed by atoms with van der Waals surface area (Å²) in [4.78, 5) is 28.4. The van der Waals surface area contributed by atoms with E-state index in [4.69, 9.17) is 16.6 Å². The lowest BCUT2D eigenvalue weighted by molar-refractivity contribution is -0.116. The van der Waals surface area contributed by atoms with Crippen LogP contribution in [0.1, 0.15) is 29.3 Å². The first-order valence-corrected chi connectivity index (χ1v) is 11.5. The van der Waals surface area contributed by atoms with Gasteiger partial charge in [0, 0.05) is 22.9 Å². The van der Waals surface area contributed by atoms with E-state index in [0.717, 1.165) is 33.7 Å². The van der Waals surface area contributed by atoms with E-state index in [0.29, 0.717) is 22.7 Å². The molecule has 0 aliphatic heterocycles. The Hall–Kier alpha value is -3.09. The van der Waals surface area contributed by atoms with Crippen molar-refractivity contribution in [3.8, 4) is 5.69 Å². The third-order valence-corrected chi connectivity index (χ3v) is 6.36. The van der Waals surface area contributed by atoms with Crippen molar-refractivity contribution in [2.24, 2.45) is 0 Å². The van der Waals surface area contributed by atoms with Gasteiger partial charge in [-0.25, -0.2) is 4.98 Å². The summed E-state index contributed by atoms with van der Waals surface area (Å²) in [6, 6.07) is 20.8. The molecule has 0 saturated heterocycles. The van der Waals surface area contributed by atoms with Crippen molar-refractivity contribution in [3.05, 3.63) is 82.9 Å². The summed E-state index contributed by atoms with van der Waals surface area (Å²) in [7, 11) is 0. The van der Waals surface area contributed by atoms with Gasteiger partial charge in [-0.3, -0.25) is 14.2 Å². The van der Waals surface area contributed by atoms with Gasteiger partial charge in [0.15, 0.2) is 5.16 Å². The number of fused-ring (bicyclic) bond motifs is 1. The van der Waals surface area contributed by atoms with Gasteiger partial charge < -0.3 is 5.32 Å². The molecule has 1 heterocycles. The van der Waals surface area contributed by atoms with Crippen molar-refractivity contribution >= 4 is 52.3 Å². The summed E-state index contributed by atoms with van der Waals surface area (Å²) in [5.74, 6) is -0.103. The van der Waals surface area contributed by atoms with Gasteiger partial charge in [0.2, 0.25) is 5.91 Å².